The van der Waals surface area contributed by atoms with Gasteiger partial charge in [0, 0.05) is 0 Å². The Labute approximate surface area is 75.9 Å². The molecule has 13 heavy (non-hydrogen) atoms. The third-order valence-electron chi connectivity index (χ3n) is 1.08. The van der Waals surface area contributed by atoms with Crippen molar-refractivity contribution in [2.24, 2.45) is 0 Å². The van der Waals surface area contributed by atoms with Crippen LogP contribution >= 0.6 is 0 Å². The molecule has 0 aliphatic heterocycles. The number of esters is 1. The van der Waals surface area contributed by atoms with Crippen LogP contribution in [0.5, 0.6) is 0 Å². The van der Waals surface area contributed by atoms with Gasteiger partial charge in [-0.15, -0.1) is 0 Å². The van der Waals surface area contributed by atoms with Crippen LogP contribution in [0.15, 0.2) is 11.8 Å². The Balaban J connectivity index is 4.41. The van der Waals surface area contributed by atoms with Crippen LogP contribution in [0.25, 0.3) is 0 Å². The molecule has 0 N–H and O–H groups in total. The van der Waals surface area contributed by atoms with E-state index in [1.54, 1.807) is 13.8 Å². The second-order valence-corrected chi connectivity index (χ2v) is 1.99. The number of hydrogen-bond donors (Lipinski definition) is 0. The lowest BCUT2D eigenvalue weighted by atomic mass is 10.3. The Bertz CT molecular complexity index is 219. The van der Waals surface area contributed by atoms with Gasteiger partial charge in [0.2, 0.25) is 0 Å². The zero-order valence-corrected chi connectivity index (χ0v) is 7.53. The molecular formula is C8H11O5-. The fourth-order valence-electron chi connectivity index (χ4n) is 0.555. The number of carbonyl (C=O) groups excluding carboxylic acids is 2. The van der Waals surface area contributed by atoms with Crippen LogP contribution in [0.2, 0.25) is 0 Å². The van der Waals surface area contributed by atoms with E-state index in [1.807, 2.05) is 0 Å². The van der Waals surface area contributed by atoms with Crippen LogP contribution in [-0.2, 0) is 19.1 Å². The molecule has 0 aromatic rings. The van der Waals surface area contributed by atoms with Gasteiger partial charge in [0.25, 0.3) is 0 Å². The average Bonchev–Trinajstić information content (AvgIpc) is 2.05. The Kier molecular flexibility index (Phi) is 5.34. The van der Waals surface area contributed by atoms with Crippen molar-refractivity contribution in [3.8, 4) is 0 Å². The smallest absolute Gasteiger partial charge is 0.343 e. The molecule has 0 radical (unpaired) electrons. The van der Waals surface area contributed by atoms with Gasteiger partial charge in [-0.1, -0.05) is 0 Å². The molecule has 0 unspecified atom stereocenters. The molecule has 0 aliphatic rings. The fraction of sp³-hybridized carbons (Fsp3) is 0.500. The number of aliphatic carboxylic acids is 1. The number of rotatable bonds is 5. The fourth-order valence-corrected chi connectivity index (χ4v) is 0.555. The van der Waals surface area contributed by atoms with Gasteiger partial charge in [-0.25, -0.2) is 4.79 Å². The highest BCUT2D eigenvalue weighted by Crippen LogP contribution is 1.97. The van der Waals surface area contributed by atoms with Gasteiger partial charge in [-0.3, -0.25) is 0 Å². The van der Waals surface area contributed by atoms with Gasteiger partial charge in [0.15, 0.2) is 0 Å². The first-order valence-electron chi connectivity index (χ1n) is 3.83. The molecule has 0 bridgehead atoms. The van der Waals surface area contributed by atoms with Gasteiger partial charge in [0.1, 0.15) is 5.57 Å². The van der Waals surface area contributed by atoms with E-state index >= 15 is 0 Å². The predicted molar refractivity (Wildman–Crippen MR) is 41.3 cm³/mol. The van der Waals surface area contributed by atoms with Crippen molar-refractivity contribution >= 4 is 11.9 Å². The summed E-state index contributed by atoms with van der Waals surface area (Å²) >= 11 is 0. The summed E-state index contributed by atoms with van der Waals surface area (Å²) in [6, 6.07) is 0. The maximum Gasteiger partial charge on any atom is 0.343 e. The summed E-state index contributed by atoms with van der Waals surface area (Å²) in [6.07, 6.45) is 0.827. The minimum atomic E-state index is -1.60. The standard InChI is InChI=1S/C8H12O5/c1-3-12-5-6(7(9)10)8(11)13-4-2/h5H,3-4H2,1-2H3,(H,9,10)/p-1/b6-5+. The van der Waals surface area contributed by atoms with Gasteiger partial charge in [-0.2, -0.15) is 0 Å². The summed E-state index contributed by atoms with van der Waals surface area (Å²) in [7, 11) is 0. The number of carboxylic acids is 1. The van der Waals surface area contributed by atoms with Crippen LogP contribution in [-0.4, -0.2) is 25.2 Å². The van der Waals surface area contributed by atoms with Gasteiger partial charge < -0.3 is 19.4 Å². The van der Waals surface area contributed by atoms with Gasteiger partial charge in [-0.05, 0) is 13.8 Å². The minimum Gasteiger partial charge on any atom is -0.544 e. The number of ether oxygens (including phenoxy) is 2. The van der Waals surface area contributed by atoms with E-state index in [1.165, 1.54) is 0 Å². The normalized spacial score (nSPS) is 10.8. The van der Waals surface area contributed by atoms with E-state index in [2.05, 4.69) is 9.47 Å². The predicted octanol–water partition coefficient (Wildman–Crippen LogP) is -0.780. The zero-order valence-electron chi connectivity index (χ0n) is 7.53. The van der Waals surface area contributed by atoms with Crippen LogP contribution in [0, 0.1) is 0 Å². The maximum atomic E-state index is 10.9. The zero-order chi connectivity index (χ0) is 10.3. The highest BCUT2D eigenvalue weighted by Gasteiger charge is 2.11. The van der Waals surface area contributed by atoms with E-state index < -0.39 is 17.5 Å². The first-order valence-corrected chi connectivity index (χ1v) is 3.83. The lowest BCUT2D eigenvalue weighted by Crippen LogP contribution is -2.30. The number of carboxylic acid groups (broad SMARTS) is 1. The van der Waals surface area contributed by atoms with Crippen molar-refractivity contribution in [2.75, 3.05) is 13.2 Å². The lowest BCUT2D eigenvalue weighted by molar-refractivity contribution is -0.299. The van der Waals surface area contributed by atoms with Crippen molar-refractivity contribution in [1.29, 1.82) is 0 Å². The van der Waals surface area contributed by atoms with Crippen molar-refractivity contribution in [2.45, 2.75) is 13.8 Å². The number of carbonyl (C=O) groups is 2. The van der Waals surface area contributed by atoms with Crippen molar-refractivity contribution in [3.63, 3.8) is 0 Å². The maximum absolute atomic E-state index is 10.9. The first-order chi connectivity index (χ1) is 6.13. The molecule has 0 fully saturated rings. The summed E-state index contributed by atoms with van der Waals surface area (Å²) in [4.78, 5) is 21.3. The summed E-state index contributed by atoms with van der Waals surface area (Å²) in [5, 5.41) is 10.4. The first kappa shape index (κ1) is 11.5. The largest absolute Gasteiger partial charge is 0.544 e. The van der Waals surface area contributed by atoms with Crippen molar-refractivity contribution in [1.82, 2.24) is 0 Å². The molecule has 0 heterocycles. The highest BCUT2D eigenvalue weighted by molar-refractivity contribution is 6.12. The second-order valence-electron chi connectivity index (χ2n) is 1.99. The summed E-state index contributed by atoms with van der Waals surface area (Å²) in [5.41, 5.74) is -0.608. The minimum absolute atomic E-state index is 0.107. The lowest BCUT2D eigenvalue weighted by Gasteiger charge is -2.06. The summed E-state index contributed by atoms with van der Waals surface area (Å²) in [6.45, 7) is 3.62. The van der Waals surface area contributed by atoms with E-state index in [4.69, 9.17) is 0 Å². The highest BCUT2D eigenvalue weighted by atomic mass is 16.5. The quantitative estimate of drug-likeness (QED) is 0.185. The molecule has 0 saturated heterocycles. The van der Waals surface area contributed by atoms with Crippen molar-refractivity contribution in [3.05, 3.63) is 11.8 Å². The summed E-state index contributed by atoms with van der Waals surface area (Å²) < 4.78 is 9.10. The third-order valence-corrected chi connectivity index (χ3v) is 1.08. The Morgan fingerprint density at radius 1 is 1.31 bits per heavy atom. The van der Waals surface area contributed by atoms with Gasteiger partial charge in [0.05, 0.1) is 25.4 Å². The molecule has 5 heteroatoms. The van der Waals surface area contributed by atoms with E-state index in [9.17, 15) is 14.7 Å². The molecular weight excluding hydrogens is 176 g/mol. The SMILES string of the molecule is CCO/C=C(\C(=O)[O-])C(=O)OCC. The van der Waals surface area contributed by atoms with Crippen LogP contribution in [0.3, 0.4) is 0 Å². The molecule has 0 aromatic carbocycles. The van der Waals surface area contributed by atoms with Crippen LogP contribution in [0.4, 0.5) is 0 Å². The molecule has 0 amide bonds. The molecule has 0 aliphatic carbocycles. The topological polar surface area (TPSA) is 75.7 Å². The molecule has 0 rings (SSSR count). The third kappa shape index (κ3) is 4.15. The van der Waals surface area contributed by atoms with Gasteiger partial charge >= 0.3 is 5.97 Å². The Hall–Kier alpha value is -1.52. The average molecular weight is 187 g/mol. The van der Waals surface area contributed by atoms with E-state index in [0.717, 1.165) is 6.26 Å². The van der Waals surface area contributed by atoms with Crippen molar-refractivity contribution < 1.29 is 24.2 Å². The van der Waals surface area contributed by atoms with Crippen LogP contribution < -0.4 is 5.11 Å². The Morgan fingerprint density at radius 2 is 1.92 bits per heavy atom. The Morgan fingerprint density at radius 3 is 2.31 bits per heavy atom. The summed E-state index contributed by atoms with van der Waals surface area (Å²) in [5.74, 6) is -2.55. The molecule has 5 nitrogen and oxygen atoms in total. The van der Waals surface area contributed by atoms with Crippen LogP contribution in [0.1, 0.15) is 13.8 Å². The molecule has 0 aromatic heterocycles. The molecule has 0 spiro atoms. The molecule has 74 valence electrons. The molecule has 0 atom stereocenters. The van der Waals surface area contributed by atoms with E-state index in [0.29, 0.717) is 0 Å². The van der Waals surface area contributed by atoms with E-state index in [-0.39, 0.29) is 13.2 Å². The second kappa shape index (κ2) is 6.05. The molecule has 0 saturated carbocycles. The number of hydrogen-bond acceptors (Lipinski definition) is 5. The monoisotopic (exact) mass is 187 g/mol.